The van der Waals surface area contributed by atoms with E-state index < -0.39 is 12.0 Å². The lowest BCUT2D eigenvalue weighted by atomic mass is 10.3. The van der Waals surface area contributed by atoms with Crippen molar-refractivity contribution in [3.05, 3.63) is 0 Å². The molecule has 0 aromatic rings. The van der Waals surface area contributed by atoms with Crippen molar-refractivity contribution in [1.29, 1.82) is 0 Å². The fraction of sp³-hybridized carbons (Fsp3) is 0.889. The number of hydrogen-bond acceptors (Lipinski definition) is 4. The Morgan fingerprint density at radius 2 is 2.14 bits per heavy atom. The van der Waals surface area contributed by atoms with Gasteiger partial charge >= 0.3 is 5.97 Å². The van der Waals surface area contributed by atoms with Crippen LogP contribution in [0.5, 0.6) is 0 Å². The summed E-state index contributed by atoms with van der Waals surface area (Å²) in [5.74, 6) is -0.843. The third kappa shape index (κ3) is 7.97. The van der Waals surface area contributed by atoms with Crippen molar-refractivity contribution >= 4 is 5.97 Å². The highest BCUT2D eigenvalue weighted by Crippen LogP contribution is 1.84. The van der Waals surface area contributed by atoms with Crippen LogP contribution in [-0.2, 0) is 14.3 Å². The van der Waals surface area contributed by atoms with Gasteiger partial charge in [0.05, 0.1) is 6.61 Å². The van der Waals surface area contributed by atoms with E-state index in [0.29, 0.717) is 26.4 Å². The molecule has 84 valence electrons. The highest BCUT2D eigenvalue weighted by molar-refractivity contribution is 5.72. The van der Waals surface area contributed by atoms with Crippen molar-refractivity contribution in [2.24, 2.45) is 0 Å². The fourth-order valence-electron chi connectivity index (χ4n) is 0.842. The number of rotatable bonds is 9. The Hall–Kier alpha value is -0.650. The molecule has 0 aliphatic carbocycles. The second-order valence-electron chi connectivity index (χ2n) is 2.97. The molecule has 0 rings (SSSR count). The van der Waals surface area contributed by atoms with E-state index in [0.717, 1.165) is 6.42 Å². The lowest BCUT2D eigenvalue weighted by Crippen LogP contribution is -2.35. The largest absolute Gasteiger partial charge is 0.480 e. The summed E-state index contributed by atoms with van der Waals surface area (Å²) < 4.78 is 10.1. The summed E-state index contributed by atoms with van der Waals surface area (Å²) in [5.41, 5.74) is 0. The Morgan fingerprint density at radius 1 is 1.43 bits per heavy atom. The third-order valence-corrected chi connectivity index (χ3v) is 1.70. The summed E-state index contributed by atoms with van der Waals surface area (Å²) in [4.78, 5) is 10.4. The van der Waals surface area contributed by atoms with Crippen molar-refractivity contribution in [1.82, 2.24) is 5.32 Å². The molecule has 0 amide bonds. The van der Waals surface area contributed by atoms with Crippen molar-refractivity contribution < 1.29 is 19.4 Å². The number of hydrogen-bond donors (Lipinski definition) is 2. The molecule has 0 saturated carbocycles. The van der Waals surface area contributed by atoms with E-state index >= 15 is 0 Å². The molecule has 5 heteroatoms. The molecule has 0 fully saturated rings. The van der Waals surface area contributed by atoms with E-state index in [9.17, 15) is 4.79 Å². The van der Waals surface area contributed by atoms with E-state index in [1.54, 1.807) is 14.0 Å². The molecule has 0 bridgehead atoms. The number of aliphatic carboxylic acids is 1. The van der Waals surface area contributed by atoms with Gasteiger partial charge < -0.3 is 19.9 Å². The zero-order chi connectivity index (χ0) is 10.8. The van der Waals surface area contributed by atoms with Crippen LogP contribution in [0.4, 0.5) is 0 Å². The van der Waals surface area contributed by atoms with Gasteiger partial charge in [-0.15, -0.1) is 0 Å². The Kier molecular flexibility index (Phi) is 8.51. The van der Waals surface area contributed by atoms with Crippen LogP contribution in [-0.4, -0.2) is 50.6 Å². The van der Waals surface area contributed by atoms with Crippen LogP contribution in [0.15, 0.2) is 0 Å². The molecule has 14 heavy (non-hydrogen) atoms. The standard InChI is InChI=1S/C9H19NO4/c1-8(9(11)12)10-4-7-14-6-3-5-13-2/h8,10H,3-7H2,1-2H3,(H,11,12)/t8-/m1/s1. The predicted octanol–water partition coefficient (Wildman–Crippen LogP) is 0.102. The minimum Gasteiger partial charge on any atom is -0.480 e. The Balaban J connectivity index is 3.09. The molecule has 1 atom stereocenters. The molecular weight excluding hydrogens is 186 g/mol. The van der Waals surface area contributed by atoms with Gasteiger partial charge in [0.15, 0.2) is 0 Å². The zero-order valence-electron chi connectivity index (χ0n) is 8.78. The second-order valence-corrected chi connectivity index (χ2v) is 2.97. The summed E-state index contributed by atoms with van der Waals surface area (Å²) >= 11 is 0. The van der Waals surface area contributed by atoms with Gasteiger partial charge in [-0.2, -0.15) is 0 Å². The van der Waals surface area contributed by atoms with Crippen LogP contribution in [0.2, 0.25) is 0 Å². The highest BCUT2D eigenvalue weighted by atomic mass is 16.5. The quantitative estimate of drug-likeness (QED) is 0.523. The number of nitrogens with one attached hydrogen (secondary N) is 1. The average molecular weight is 205 g/mol. The van der Waals surface area contributed by atoms with Gasteiger partial charge in [0.25, 0.3) is 0 Å². The van der Waals surface area contributed by atoms with Gasteiger partial charge in [-0.1, -0.05) is 0 Å². The van der Waals surface area contributed by atoms with Crippen LogP contribution in [0, 0.1) is 0 Å². The maximum absolute atomic E-state index is 10.4. The summed E-state index contributed by atoms with van der Waals surface area (Å²) in [6, 6.07) is -0.516. The maximum atomic E-state index is 10.4. The predicted molar refractivity (Wildman–Crippen MR) is 52.4 cm³/mol. The van der Waals surface area contributed by atoms with Crippen LogP contribution in [0.3, 0.4) is 0 Å². The molecule has 0 aromatic heterocycles. The summed E-state index contributed by atoms with van der Waals surface area (Å²) in [7, 11) is 1.65. The zero-order valence-corrected chi connectivity index (χ0v) is 8.78. The molecule has 0 saturated heterocycles. The molecule has 5 nitrogen and oxygen atoms in total. The van der Waals surface area contributed by atoms with Gasteiger partial charge in [0.2, 0.25) is 0 Å². The average Bonchev–Trinajstić information content (AvgIpc) is 2.16. The van der Waals surface area contributed by atoms with E-state index in [1.807, 2.05) is 0 Å². The van der Waals surface area contributed by atoms with Crippen molar-refractivity contribution in [2.75, 3.05) is 33.5 Å². The van der Waals surface area contributed by atoms with Gasteiger partial charge in [0.1, 0.15) is 6.04 Å². The van der Waals surface area contributed by atoms with E-state index in [1.165, 1.54) is 0 Å². The lowest BCUT2D eigenvalue weighted by molar-refractivity contribution is -0.139. The van der Waals surface area contributed by atoms with Crippen LogP contribution in [0.25, 0.3) is 0 Å². The van der Waals surface area contributed by atoms with E-state index in [-0.39, 0.29) is 0 Å². The van der Waals surface area contributed by atoms with Crippen LogP contribution < -0.4 is 5.32 Å². The number of carbonyl (C=O) groups is 1. The first-order chi connectivity index (χ1) is 6.68. The molecule has 0 spiro atoms. The van der Waals surface area contributed by atoms with Crippen LogP contribution in [0.1, 0.15) is 13.3 Å². The third-order valence-electron chi connectivity index (χ3n) is 1.70. The SMILES string of the molecule is COCCCOCCN[C@H](C)C(=O)O. The fourth-order valence-corrected chi connectivity index (χ4v) is 0.842. The highest BCUT2D eigenvalue weighted by Gasteiger charge is 2.07. The first kappa shape index (κ1) is 13.4. The number of carboxylic acids is 1. The molecule has 0 aliphatic heterocycles. The molecule has 2 N–H and O–H groups in total. The van der Waals surface area contributed by atoms with Crippen molar-refractivity contribution in [2.45, 2.75) is 19.4 Å². The molecule has 0 unspecified atom stereocenters. The number of carboxylic acid groups (broad SMARTS) is 1. The summed E-state index contributed by atoms with van der Waals surface area (Å²) in [6.07, 6.45) is 0.866. The van der Waals surface area contributed by atoms with Gasteiger partial charge in [-0.05, 0) is 13.3 Å². The number of ether oxygens (including phenoxy) is 2. The lowest BCUT2D eigenvalue weighted by Gasteiger charge is -2.09. The van der Waals surface area contributed by atoms with Crippen molar-refractivity contribution in [3.8, 4) is 0 Å². The number of methoxy groups -OCH3 is 1. The molecule has 0 aliphatic rings. The summed E-state index contributed by atoms with van der Waals surface area (Å²) in [5, 5.41) is 11.4. The topological polar surface area (TPSA) is 67.8 Å². The molecule has 0 radical (unpaired) electrons. The van der Waals surface area contributed by atoms with E-state index in [2.05, 4.69) is 5.32 Å². The van der Waals surface area contributed by atoms with Crippen LogP contribution >= 0.6 is 0 Å². The van der Waals surface area contributed by atoms with Gasteiger partial charge in [-0.3, -0.25) is 4.79 Å². The minimum atomic E-state index is -0.843. The Bertz CT molecular complexity index is 152. The second kappa shape index (κ2) is 8.93. The molecule has 0 heterocycles. The first-order valence-electron chi connectivity index (χ1n) is 4.71. The summed E-state index contributed by atoms with van der Waals surface area (Å²) in [6.45, 7) is 4.03. The Labute approximate surface area is 84.4 Å². The monoisotopic (exact) mass is 205 g/mol. The minimum absolute atomic E-state index is 0.516. The smallest absolute Gasteiger partial charge is 0.320 e. The maximum Gasteiger partial charge on any atom is 0.320 e. The Morgan fingerprint density at radius 3 is 2.71 bits per heavy atom. The van der Waals surface area contributed by atoms with E-state index in [4.69, 9.17) is 14.6 Å². The molecular formula is C9H19NO4. The van der Waals surface area contributed by atoms with Gasteiger partial charge in [-0.25, -0.2) is 0 Å². The van der Waals surface area contributed by atoms with Crippen molar-refractivity contribution in [3.63, 3.8) is 0 Å². The van der Waals surface area contributed by atoms with Gasteiger partial charge in [0, 0.05) is 26.9 Å². The first-order valence-corrected chi connectivity index (χ1v) is 4.71. The normalized spacial score (nSPS) is 12.7. The molecule has 0 aromatic carbocycles.